The van der Waals surface area contributed by atoms with Gasteiger partial charge in [0.15, 0.2) is 0 Å². The topological polar surface area (TPSA) is 64.7 Å². The smallest absolute Gasteiger partial charge is 0.258 e. The second-order valence-electron chi connectivity index (χ2n) is 10.9. The molecule has 0 bridgehead atoms. The molecule has 1 saturated heterocycles. The molecule has 184 valence electrons. The molecule has 2 heterocycles. The summed E-state index contributed by atoms with van der Waals surface area (Å²) in [5, 5.41) is 6.93. The summed E-state index contributed by atoms with van der Waals surface area (Å²) in [6.45, 7) is 12.9. The van der Waals surface area contributed by atoms with Crippen molar-refractivity contribution in [1.29, 1.82) is 0 Å². The number of carbonyl (C=O) groups excluding carboxylic acids is 2. The lowest BCUT2D eigenvalue weighted by Gasteiger charge is -2.33. The van der Waals surface area contributed by atoms with Crippen LogP contribution in [0.25, 0.3) is 0 Å². The average Bonchev–Trinajstić information content (AvgIpc) is 3.13. The van der Waals surface area contributed by atoms with E-state index >= 15 is 0 Å². The molecule has 1 aliphatic carbocycles. The third-order valence-electron chi connectivity index (χ3n) is 7.33. The van der Waals surface area contributed by atoms with Crippen LogP contribution in [0, 0.1) is 18.3 Å². The fourth-order valence-corrected chi connectivity index (χ4v) is 6.27. The number of benzene rings is 1. The number of rotatable bonds is 5. The molecule has 1 aromatic heterocycles. The number of carbonyl (C=O) groups is 2. The largest absolute Gasteiger partial charge is 0.322 e. The first-order valence-electron chi connectivity index (χ1n) is 12.3. The van der Waals surface area contributed by atoms with Crippen LogP contribution in [0.2, 0.25) is 0 Å². The molecular weight excluding hydrogens is 444 g/mol. The minimum absolute atomic E-state index is 0.0412. The number of hydrogen-bond donors (Lipinski definition) is 2. The monoisotopic (exact) mass is 482 g/mol. The fraction of sp³-hybridized carbons (Fsp3) is 0.556. The Morgan fingerprint density at radius 2 is 1.79 bits per heavy atom. The summed E-state index contributed by atoms with van der Waals surface area (Å²) in [6, 6.07) is 7.81. The number of thiophene rings is 1. The van der Waals surface area contributed by atoms with Gasteiger partial charge in [-0.25, -0.2) is 0 Å². The van der Waals surface area contributed by atoms with Crippen molar-refractivity contribution < 1.29 is 9.59 Å². The van der Waals surface area contributed by atoms with E-state index in [-0.39, 0.29) is 17.2 Å². The quantitative estimate of drug-likeness (QED) is 0.651. The zero-order chi connectivity index (χ0) is 24.5. The summed E-state index contributed by atoms with van der Waals surface area (Å²) in [5.74, 6) is 0.399. The number of anilines is 2. The number of likely N-dealkylation sites (N-methyl/N-ethyl adjacent to an activating group) is 1. The van der Waals surface area contributed by atoms with Crippen LogP contribution in [0.1, 0.15) is 53.6 Å². The Bertz CT molecular complexity index is 1050. The number of nitrogens with zero attached hydrogens (tertiary/aromatic N) is 2. The lowest BCUT2D eigenvalue weighted by molar-refractivity contribution is -0.117. The van der Waals surface area contributed by atoms with E-state index in [1.807, 2.05) is 31.2 Å². The zero-order valence-corrected chi connectivity index (χ0v) is 22.0. The SMILES string of the molecule is Cc1ccccc1NC(=O)c1c(NC(=O)CN2CCN(C)CC2)sc2c1CCC(C(C)(C)C)C2. The Balaban J connectivity index is 1.58. The van der Waals surface area contributed by atoms with E-state index in [2.05, 4.69) is 48.3 Å². The van der Waals surface area contributed by atoms with Crippen LogP contribution in [0.5, 0.6) is 0 Å². The molecule has 2 aliphatic rings. The maximum Gasteiger partial charge on any atom is 0.258 e. The molecule has 0 saturated carbocycles. The third kappa shape index (κ3) is 5.70. The van der Waals surface area contributed by atoms with Gasteiger partial charge >= 0.3 is 0 Å². The van der Waals surface area contributed by atoms with E-state index in [4.69, 9.17) is 0 Å². The van der Waals surface area contributed by atoms with E-state index in [1.54, 1.807) is 11.3 Å². The minimum atomic E-state index is -0.129. The molecule has 0 radical (unpaired) electrons. The molecule has 0 spiro atoms. The second kappa shape index (κ2) is 10.2. The highest BCUT2D eigenvalue weighted by molar-refractivity contribution is 7.17. The Morgan fingerprint density at radius 3 is 2.47 bits per heavy atom. The van der Waals surface area contributed by atoms with Gasteiger partial charge in [-0.2, -0.15) is 0 Å². The highest BCUT2D eigenvalue weighted by atomic mass is 32.1. The van der Waals surface area contributed by atoms with E-state index in [0.29, 0.717) is 23.0 Å². The number of piperazine rings is 1. The van der Waals surface area contributed by atoms with E-state index in [1.165, 1.54) is 4.88 Å². The van der Waals surface area contributed by atoms with Crippen molar-refractivity contribution >= 4 is 33.8 Å². The van der Waals surface area contributed by atoms with Crippen LogP contribution in [-0.2, 0) is 17.6 Å². The summed E-state index contributed by atoms with van der Waals surface area (Å²) in [5.41, 5.74) is 3.82. The van der Waals surface area contributed by atoms with Gasteiger partial charge in [0.1, 0.15) is 5.00 Å². The summed E-state index contributed by atoms with van der Waals surface area (Å²) in [6.07, 6.45) is 2.90. The molecule has 6 nitrogen and oxygen atoms in total. The van der Waals surface area contributed by atoms with Crippen LogP contribution in [-0.4, -0.2) is 61.4 Å². The zero-order valence-electron chi connectivity index (χ0n) is 21.2. The first kappa shape index (κ1) is 24.9. The first-order chi connectivity index (χ1) is 16.1. The summed E-state index contributed by atoms with van der Waals surface area (Å²) < 4.78 is 0. The number of para-hydroxylation sites is 1. The number of hydrogen-bond acceptors (Lipinski definition) is 5. The highest BCUT2D eigenvalue weighted by Gasteiger charge is 2.34. The van der Waals surface area contributed by atoms with E-state index in [9.17, 15) is 9.59 Å². The van der Waals surface area contributed by atoms with Crippen molar-refractivity contribution in [1.82, 2.24) is 9.80 Å². The molecule has 1 aromatic carbocycles. The van der Waals surface area contributed by atoms with Gasteiger partial charge in [-0.15, -0.1) is 11.3 Å². The van der Waals surface area contributed by atoms with Crippen LogP contribution in [0.4, 0.5) is 10.7 Å². The van der Waals surface area contributed by atoms with Crippen LogP contribution < -0.4 is 10.6 Å². The Hall–Kier alpha value is -2.22. The van der Waals surface area contributed by atoms with Crippen molar-refractivity contribution in [3.05, 3.63) is 45.8 Å². The van der Waals surface area contributed by atoms with Gasteiger partial charge < -0.3 is 15.5 Å². The lowest BCUT2D eigenvalue weighted by atomic mass is 9.72. The molecule has 1 atom stereocenters. The lowest BCUT2D eigenvalue weighted by Crippen LogP contribution is -2.47. The van der Waals surface area contributed by atoms with E-state index in [0.717, 1.165) is 62.3 Å². The number of amides is 2. The Kier molecular flexibility index (Phi) is 7.45. The third-order valence-corrected chi connectivity index (χ3v) is 8.50. The van der Waals surface area contributed by atoms with Crippen molar-refractivity contribution in [3.8, 4) is 0 Å². The predicted octanol–water partition coefficient (Wildman–Crippen LogP) is 4.65. The molecule has 34 heavy (non-hydrogen) atoms. The maximum absolute atomic E-state index is 13.5. The average molecular weight is 483 g/mol. The molecule has 1 aliphatic heterocycles. The second-order valence-corrected chi connectivity index (χ2v) is 12.0. The normalized spacial score (nSPS) is 19.5. The number of fused-ring (bicyclic) bond motifs is 1. The van der Waals surface area contributed by atoms with Crippen molar-refractivity contribution in [2.24, 2.45) is 11.3 Å². The number of nitrogens with one attached hydrogen (secondary N) is 2. The van der Waals surface area contributed by atoms with Gasteiger partial charge in [-0.1, -0.05) is 39.0 Å². The van der Waals surface area contributed by atoms with Crippen molar-refractivity contribution in [3.63, 3.8) is 0 Å². The molecular formula is C27H38N4O2S. The molecule has 2 amide bonds. The molecule has 2 aromatic rings. The van der Waals surface area contributed by atoms with Crippen LogP contribution >= 0.6 is 11.3 Å². The van der Waals surface area contributed by atoms with Gasteiger partial charge in [0.05, 0.1) is 12.1 Å². The molecule has 2 N–H and O–H groups in total. The van der Waals surface area contributed by atoms with Gasteiger partial charge in [-0.3, -0.25) is 14.5 Å². The molecule has 4 rings (SSSR count). The molecule has 1 unspecified atom stereocenters. The van der Waals surface area contributed by atoms with E-state index < -0.39 is 0 Å². The van der Waals surface area contributed by atoms with Crippen molar-refractivity contribution in [2.75, 3.05) is 50.4 Å². The molecule has 1 fully saturated rings. The minimum Gasteiger partial charge on any atom is -0.322 e. The summed E-state index contributed by atoms with van der Waals surface area (Å²) >= 11 is 1.60. The summed E-state index contributed by atoms with van der Waals surface area (Å²) in [7, 11) is 2.11. The fourth-order valence-electron chi connectivity index (χ4n) is 4.93. The van der Waals surface area contributed by atoms with Gasteiger partial charge in [-0.05, 0) is 61.8 Å². The predicted molar refractivity (Wildman–Crippen MR) is 141 cm³/mol. The van der Waals surface area contributed by atoms with Crippen molar-refractivity contribution in [2.45, 2.75) is 47.0 Å². The Morgan fingerprint density at radius 1 is 1.09 bits per heavy atom. The van der Waals surface area contributed by atoms with Crippen LogP contribution in [0.3, 0.4) is 0 Å². The highest BCUT2D eigenvalue weighted by Crippen LogP contribution is 2.44. The standard InChI is InChI=1S/C27H38N4O2S/c1-18-8-6-7-9-21(18)28-25(33)24-20-11-10-19(27(2,3)4)16-22(20)34-26(24)29-23(32)17-31-14-12-30(5)13-15-31/h6-9,19H,10-17H2,1-5H3,(H,28,33)(H,29,32). The molecule has 7 heteroatoms. The van der Waals surface area contributed by atoms with Gasteiger partial charge in [0.2, 0.25) is 5.91 Å². The maximum atomic E-state index is 13.5. The number of aryl methyl sites for hydroxylation is 1. The first-order valence-corrected chi connectivity index (χ1v) is 13.2. The van der Waals surface area contributed by atoms with Gasteiger partial charge in [0.25, 0.3) is 5.91 Å². The van der Waals surface area contributed by atoms with Crippen LogP contribution in [0.15, 0.2) is 24.3 Å². The van der Waals surface area contributed by atoms with Gasteiger partial charge in [0, 0.05) is 36.7 Å². The summed E-state index contributed by atoms with van der Waals surface area (Å²) in [4.78, 5) is 32.2. The Labute approximate surface area is 207 Å².